The maximum absolute atomic E-state index is 12.3. The standard InChI is InChI=1S/C22H36O2S2/c1-3-19(2)26(23,24)18-22-14-12-20(13-15-22)9-7-8-16-25-17-21-10-5-4-6-11-21/h4-6,10-11,19-20,22H,3,7-9,12-18H2,1-2H3. The van der Waals surface area contributed by atoms with E-state index in [1.807, 2.05) is 25.6 Å². The number of benzene rings is 1. The van der Waals surface area contributed by atoms with Crippen LogP contribution in [0, 0.1) is 11.8 Å². The second-order valence-corrected chi connectivity index (χ2v) is 11.5. The molecule has 26 heavy (non-hydrogen) atoms. The zero-order valence-electron chi connectivity index (χ0n) is 16.5. The molecule has 1 unspecified atom stereocenters. The highest BCUT2D eigenvalue weighted by molar-refractivity contribution is 7.98. The Morgan fingerprint density at radius 1 is 1.04 bits per heavy atom. The molecule has 2 rings (SSSR count). The molecule has 1 fully saturated rings. The molecule has 0 N–H and O–H groups in total. The van der Waals surface area contributed by atoms with Crippen LogP contribution in [0.2, 0.25) is 0 Å². The van der Waals surface area contributed by atoms with Crippen molar-refractivity contribution >= 4 is 21.6 Å². The van der Waals surface area contributed by atoms with Crippen molar-refractivity contribution in [3.8, 4) is 0 Å². The zero-order valence-corrected chi connectivity index (χ0v) is 18.2. The maximum atomic E-state index is 12.3. The average Bonchev–Trinajstić information content (AvgIpc) is 2.65. The third-order valence-electron chi connectivity index (χ3n) is 5.88. The Morgan fingerprint density at radius 2 is 1.69 bits per heavy atom. The molecule has 0 amide bonds. The molecule has 0 heterocycles. The summed E-state index contributed by atoms with van der Waals surface area (Å²) in [6, 6.07) is 10.7. The summed E-state index contributed by atoms with van der Waals surface area (Å²) in [5, 5.41) is -0.173. The molecule has 0 saturated heterocycles. The van der Waals surface area contributed by atoms with Crippen molar-refractivity contribution < 1.29 is 8.42 Å². The molecule has 0 spiro atoms. The van der Waals surface area contributed by atoms with Gasteiger partial charge in [-0.2, -0.15) is 11.8 Å². The van der Waals surface area contributed by atoms with Gasteiger partial charge in [-0.05, 0) is 55.8 Å². The minimum absolute atomic E-state index is 0.173. The highest BCUT2D eigenvalue weighted by atomic mass is 32.2. The van der Waals surface area contributed by atoms with Crippen LogP contribution in [-0.4, -0.2) is 25.2 Å². The van der Waals surface area contributed by atoms with Crippen LogP contribution in [0.4, 0.5) is 0 Å². The number of rotatable bonds is 11. The third-order valence-corrected chi connectivity index (χ3v) is 9.50. The minimum atomic E-state index is -2.88. The number of thioether (sulfide) groups is 1. The van der Waals surface area contributed by atoms with Crippen molar-refractivity contribution in [3.63, 3.8) is 0 Å². The van der Waals surface area contributed by atoms with Gasteiger partial charge in [0.05, 0.1) is 11.0 Å². The van der Waals surface area contributed by atoms with Gasteiger partial charge in [-0.15, -0.1) is 0 Å². The largest absolute Gasteiger partial charge is 0.229 e. The van der Waals surface area contributed by atoms with E-state index in [9.17, 15) is 8.42 Å². The number of sulfone groups is 1. The Labute approximate surface area is 165 Å². The van der Waals surface area contributed by atoms with Crippen molar-refractivity contribution in [1.29, 1.82) is 0 Å². The summed E-state index contributed by atoms with van der Waals surface area (Å²) in [7, 11) is -2.88. The predicted octanol–water partition coefficient (Wildman–Crippen LogP) is 6.11. The van der Waals surface area contributed by atoms with Gasteiger partial charge >= 0.3 is 0 Å². The lowest BCUT2D eigenvalue weighted by Gasteiger charge is -2.29. The third kappa shape index (κ3) is 7.64. The van der Waals surface area contributed by atoms with Crippen LogP contribution >= 0.6 is 11.8 Å². The second kappa shape index (κ2) is 11.4. The van der Waals surface area contributed by atoms with Gasteiger partial charge in [-0.1, -0.05) is 62.9 Å². The summed E-state index contributed by atoms with van der Waals surface area (Å²) in [5.74, 6) is 4.03. The summed E-state index contributed by atoms with van der Waals surface area (Å²) in [6.45, 7) is 3.83. The molecule has 0 bridgehead atoms. The summed E-state index contributed by atoms with van der Waals surface area (Å²) in [6.07, 6.45) is 9.39. The molecule has 1 aliphatic rings. The molecule has 2 nitrogen and oxygen atoms in total. The van der Waals surface area contributed by atoms with E-state index in [1.54, 1.807) is 0 Å². The summed E-state index contributed by atoms with van der Waals surface area (Å²) in [4.78, 5) is 0. The molecule has 1 aromatic rings. The summed E-state index contributed by atoms with van der Waals surface area (Å²) in [5.41, 5.74) is 1.42. The van der Waals surface area contributed by atoms with Crippen LogP contribution in [0.15, 0.2) is 30.3 Å². The Morgan fingerprint density at radius 3 is 2.35 bits per heavy atom. The van der Waals surface area contributed by atoms with Crippen LogP contribution in [0.5, 0.6) is 0 Å². The quantitative estimate of drug-likeness (QED) is 0.423. The fraction of sp³-hybridized carbons (Fsp3) is 0.727. The van der Waals surface area contributed by atoms with Gasteiger partial charge in [-0.25, -0.2) is 8.42 Å². The van der Waals surface area contributed by atoms with Crippen molar-refractivity contribution in [3.05, 3.63) is 35.9 Å². The first kappa shape index (κ1) is 21.8. The van der Waals surface area contributed by atoms with Crippen LogP contribution < -0.4 is 0 Å². The van der Waals surface area contributed by atoms with Gasteiger partial charge in [0.25, 0.3) is 0 Å². The highest BCUT2D eigenvalue weighted by Crippen LogP contribution is 2.33. The molecule has 1 saturated carbocycles. The lowest BCUT2D eigenvalue weighted by atomic mass is 9.80. The Bertz CT molecular complexity index is 590. The van der Waals surface area contributed by atoms with Gasteiger partial charge in [0.2, 0.25) is 0 Å². The normalized spacial score (nSPS) is 22.2. The molecule has 1 aromatic carbocycles. The van der Waals surface area contributed by atoms with Crippen molar-refractivity contribution in [1.82, 2.24) is 0 Å². The average molecular weight is 397 g/mol. The number of unbranched alkanes of at least 4 members (excludes halogenated alkanes) is 1. The molecule has 1 aliphatic carbocycles. The molecular weight excluding hydrogens is 360 g/mol. The zero-order chi connectivity index (χ0) is 18.8. The first-order valence-corrected chi connectivity index (χ1v) is 13.2. The van der Waals surface area contributed by atoms with Gasteiger partial charge < -0.3 is 0 Å². The van der Waals surface area contributed by atoms with Crippen LogP contribution in [0.25, 0.3) is 0 Å². The van der Waals surface area contributed by atoms with E-state index in [4.69, 9.17) is 0 Å². The first-order valence-electron chi connectivity index (χ1n) is 10.3. The minimum Gasteiger partial charge on any atom is -0.229 e. The summed E-state index contributed by atoms with van der Waals surface area (Å²) >= 11 is 2.04. The van der Waals surface area contributed by atoms with E-state index >= 15 is 0 Å². The molecule has 1 atom stereocenters. The maximum Gasteiger partial charge on any atom is 0.153 e. The van der Waals surface area contributed by atoms with Crippen molar-refractivity contribution in [2.75, 3.05) is 11.5 Å². The van der Waals surface area contributed by atoms with Gasteiger partial charge in [0, 0.05) is 5.75 Å². The number of hydrogen-bond donors (Lipinski definition) is 0. The molecule has 0 radical (unpaired) electrons. The fourth-order valence-corrected chi connectivity index (χ4v) is 6.64. The molecule has 4 heteroatoms. The lowest BCUT2D eigenvalue weighted by Crippen LogP contribution is -2.27. The lowest BCUT2D eigenvalue weighted by molar-refractivity contribution is 0.274. The van der Waals surface area contributed by atoms with Gasteiger partial charge in [-0.3, -0.25) is 0 Å². The van der Waals surface area contributed by atoms with E-state index in [2.05, 4.69) is 30.3 Å². The topological polar surface area (TPSA) is 34.1 Å². The smallest absolute Gasteiger partial charge is 0.153 e. The SMILES string of the molecule is CCC(C)S(=O)(=O)CC1CCC(CCCCSCc2ccccc2)CC1. The number of hydrogen-bond acceptors (Lipinski definition) is 3. The van der Waals surface area contributed by atoms with Crippen LogP contribution in [-0.2, 0) is 15.6 Å². The molecule has 0 aromatic heterocycles. The molecule has 0 aliphatic heterocycles. The van der Waals surface area contributed by atoms with E-state index in [0.717, 1.165) is 30.9 Å². The van der Waals surface area contributed by atoms with E-state index in [-0.39, 0.29) is 5.25 Å². The molecular formula is C22H36O2S2. The van der Waals surface area contributed by atoms with Crippen LogP contribution in [0.1, 0.15) is 70.8 Å². The predicted molar refractivity (Wildman–Crippen MR) is 115 cm³/mol. The van der Waals surface area contributed by atoms with Gasteiger partial charge in [0.1, 0.15) is 0 Å². The Kier molecular flexibility index (Phi) is 9.55. The fourth-order valence-electron chi connectivity index (χ4n) is 3.83. The highest BCUT2D eigenvalue weighted by Gasteiger charge is 2.27. The van der Waals surface area contributed by atoms with Gasteiger partial charge in [0.15, 0.2) is 9.84 Å². The Balaban J connectivity index is 1.54. The van der Waals surface area contributed by atoms with Crippen LogP contribution in [0.3, 0.4) is 0 Å². The summed E-state index contributed by atoms with van der Waals surface area (Å²) < 4.78 is 24.6. The van der Waals surface area contributed by atoms with E-state index in [1.165, 1.54) is 43.4 Å². The Hall–Kier alpha value is -0.480. The monoisotopic (exact) mass is 396 g/mol. The van der Waals surface area contributed by atoms with E-state index in [0.29, 0.717) is 11.7 Å². The van der Waals surface area contributed by atoms with Crippen molar-refractivity contribution in [2.45, 2.75) is 76.2 Å². The first-order chi connectivity index (χ1) is 12.5. The second-order valence-electron chi connectivity index (χ2n) is 7.97. The van der Waals surface area contributed by atoms with Crippen molar-refractivity contribution in [2.24, 2.45) is 11.8 Å². The van der Waals surface area contributed by atoms with E-state index < -0.39 is 9.84 Å². The molecule has 148 valence electrons.